The average Bonchev–Trinajstić information content (AvgIpc) is 2.61. The summed E-state index contributed by atoms with van der Waals surface area (Å²) in [4.78, 5) is 12.6. The van der Waals surface area contributed by atoms with Crippen molar-refractivity contribution in [2.24, 2.45) is 0 Å². The van der Waals surface area contributed by atoms with Crippen molar-refractivity contribution in [2.75, 3.05) is 0 Å². The zero-order chi connectivity index (χ0) is 17.1. The summed E-state index contributed by atoms with van der Waals surface area (Å²) < 4.78 is 6.42. The van der Waals surface area contributed by atoms with Crippen LogP contribution in [-0.2, 0) is 12.8 Å². The molecule has 0 spiro atoms. The zero-order valence-corrected chi connectivity index (χ0v) is 15.4. The molecule has 0 saturated carbocycles. The van der Waals surface area contributed by atoms with E-state index in [0.717, 1.165) is 28.1 Å². The molecule has 24 heavy (non-hydrogen) atoms. The predicted molar refractivity (Wildman–Crippen MR) is 102 cm³/mol. The Hall–Kier alpha value is -2.13. The minimum Gasteiger partial charge on any atom is -0.423 e. The number of fused-ring (bicyclic) bond motifs is 1. The van der Waals surface area contributed by atoms with Crippen LogP contribution >= 0.6 is 15.9 Å². The summed E-state index contributed by atoms with van der Waals surface area (Å²) in [5, 5.41) is 2.09. The first-order valence-corrected chi connectivity index (χ1v) is 8.94. The van der Waals surface area contributed by atoms with E-state index in [9.17, 15) is 4.79 Å². The van der Waals surface area contributed by atoms with Crippen LogP contribution < -0.4 is 4.74 Å². The smallest absolute Gasteiger partial charge is 0.344 e. The fourth-order valence-electron chi connectivity index (χ4n) is 2.75. The van der Waals surface area contributed by atoms with Gasteiger partial charge in [-0.1, -0.05) is 50.2 Å². The summed E-state index contributed by atoms with van der Waals surface area (Å²) in [6.45, 7) is 4.20. The normalized spacial score (nSPS) is 10.8. The van der Waals surface area contributed by atoms with Gasteiger partial charge >= 0.3 is 5.97 Å². The largest absolute Gasteiger partial charge is 0.423 e. The number of carbonyl (C=O) groups is 1. The van der Waals surface area contributed by atoms with Gasteiger partial charge in [-0.05, 0) is 68.9 Å². The van der Waals surface area contributed by atoms with Gasteiger partial charge in [-0.15, -0.1) is 0 Å². The van der Waals surface area contributed by atoms with Crippen molar-refractivity contribution in [3.8, 4) is 5.75 Å². The number of hydrogen-bond acceptors (Lipinski definition) is 2. The van der Waals surface area contributed by atoms with Gasteiger partial charge in [0.15, 0.2) is 0 Å². The third kappa shape index (κ3) is 3.36. The number of rotatable bonds is 4. The van der Waals surface area contributed by atoms with Crippen LogP contribution in [0.4, 0.5) is 0 Å². The van der Waals surface area contributed by atoms with Crippen LogP contribution in [0.3, 0.4) is 0 Å². The van der Waals surface area contributed by atoms with Crippen molar-refractivity contribution >= 4 is 32.7 Å². The Kier molecular flexibility index (Phi) is 5.00. The Morgan fingerprint density at radius 1 is 0.958 bits per heavy atom. The first kappa shape index (κ1) is 16.7. The predicted octanol–water partition coefficient (Wildman–Crippen LogP) is 5.95. The molecule has 0 aliphatic carbocycles. The lowest BCUT2D eigenvalue weighted by Crippen LogP contribution is -2.10. The Labute approximate surface area is 150 Å². The number of esters is 1. The molecule has 0 atom stereocenters. The van der Waals surface area contributed by atoms with E-state index >= 15 is 0 Å². The van der Waals surface area contributed by atoms with Gasteiger partial charge in [0.2, 0.25) is 0 Å². The molecule has 3 rings (SSSR count). The van der Waals surface area contributed by atoms with E-state index in [0.29, 0.717) is 11.3 Å². The Balaban J connectivity index is 1.94. The minimum atomic E-state index is -0.345. The Morgan fingerprint density at radius 3 is 2.29 bits per heavy atom. The van der Waals surface area contributed by atoms with Crippen molar-refractivity contribution in [3.63, 3.8) is 0 Å². The maximum absolute atomic E-state index is 12.6. The lowest BCUT2D eigenvalue weighted by Gasteiger charge is -2.11. The maximum Gasteiger partial charge on any atom is 0.344 e. The molecule has 0 saturated heterocycles. The molecule has 3 aromatic carbocycles. The maximum atomic E-state index is 12.6. The zero-order valence-electron chi connectivity index (χ0n) is 13.8. The van der Waals surface area contributed by atoms with Crippen molar-refractivity contribution in [1.82, 2.24) is 0 Å². The number of hydrogen-bond donors (Lipinski definition) is 0. The van der Waals surface area contributed by atoms with Crippen LogP contribution in [0, 0.1) is 0 Å². The molecule has 0 heterocycles. The molecular formula is C21H19BrO2. The summed E-state index contributed by atoms with van der Waals surface area (Å²) in [7, 11) is 0. The molecule has 0 unspecified atom stereocenters. The van der Waals surface area contributed by atoms with E-state index in [1.54, 1.807) is 6.07 Å². The summed E-state index contributed by atoms with van der Waals surface area (Å²) in [5.41, 5.74) is 2.89. The number of aryl methyl sites for hydroxylation is 2. The molecule has 0 radical (unpaired) electrons. The number of halogens is 1. The second-order valence-corrected chi connectivity index (χ2v) is 6.52. The summed E-state index contributed by atoms with van der Waals surface area (Å²) in [6, 6.07) is 17.7. The highest BCUT2D eigenvalue weighted by molar-refractivity contribution is 9.10. The van der Waals surface area contributed by atoms with Gasteiger partial charge in [-0.25, -0.2) is 4.79 Å². The molecule has 3 heteroatoms. The van der Waals surface area contributed by atoms with Gasteiger partial charge in [0, 0.05) is 4.47 Å². The molecule has 0 fully saturated rings. The van der Waals surface area contributed by atoms with E-state index < -0.39 is 0 Å². The molecule has 0 bridgehead atoms. The van der Waals surface area contributed by atoms with Crippen LogP contribution in [0.15, 0.2) is 59.1 Å². The molecule has 0 amide bonds. The van der Waals surface area contributed by atoms with Crippen LogP contribution in [0.2, 0.25) is 0 Å². The van der Waals surface area contributed by atoms with E-state index in [-0.39, 0.29) is 5.97 Å². The van der Waals surface area contributed by atoms with E-state index in [1.807, 2.05) is 42.5 Å². The molecule has 122 valence electrons. The van der Waals surface area contributed by atoms with E-state index in [4.69, 9.17) is 4.74 Å². The first-order valence-electron chi connectivity index (χ1n) is 8.14. The standard InChI is InChI=1S/C21H19BrO2/c1-3-14-11-15(4-2)13-17(12-14)24-21(23)19-10-9-16-7-5-6-8-18(16)20(19)22/h5-13H,3-4H2,1-2H3. The van der Waals surface area contributed by atoms with Crippen molar-refractivity contribution in [1.29, 1.82) is 0 Å². The summed E-state index contributed by atoms with van der Waals surface area (Å²) in [5.74, 6) is 0.263. The molecule has 0 aliphatic rings. The molecular weight excluding hydrogens is 364 g/mol. The number of ether oxygens (including phenoxy) is 1. The van der Waals surface area contributed by atoms with Crippen LogP contribution in [-0.4, -0.2) is 5.97 Å². The first-order chi connectivity index (χ1) is 11.6. The monoisotopic (exact) mass is 382 g/mol. The highest BCUT2D eigenvalue weighted by atomic mass is 79.9. The Bertz CT molecular complexity index is 877. The number of benzene rings is 3. The molecule has 0 aliphatic heterocycles. The van der Waals surface area contributed by atoms with Gasteiger partial charge in [-0.2, -0.15) is 0 Å². The van der Waals surface area contributed by atoms with Gasteiger partial charge < -0.3 is 4.74 Å². The number of carbonyl (C=O) groups excluding carboxylic acids is 1. The molecule has 2 nitrogen and oxygen atoms in total. The highest BCUT2D eigenvalue weighted by Crippen LogP contribution is 2.29. The van der Waals surface area contributed by atoms with Gasteiger partial charge in [0.05, 0.1) is 5.56 Å². The third-order valence-corrected chi connectivity index (χ3v) is 4.99. The minimum absolute atomic E-state index is 0.345. The van der Waals surface area contributed by atoms with Crippen LogP contribution in [0.25, 0.3) is 10.8 Å². The highest BCUT2D eigenvalue weighted by Gasteiger charge is 2.15. The Morgan fingerprint density at radius 2 is 1.62 bits per heavy atom. The fraction of sp³-hybridized carbons (Fsp3) is 0.190. The van der Waals surface area contributed by atoms with Gasteiger partial charge in [0.1, 0.15) is 5.75 Å². The second kappa shape index (κ2) is 7.18. The molecule has 0 N–H and O–H groups in total. The molecule has 0 aromatic heterocycles. The van der Waals surface area contributed by atoms with Crippen LogP contribution in [0.1, 0.15) is 35.3 Å². The SMILES string of the molecule is CCc1cc(CC)cc(OC(=O)c2ccc3ccccc3c2Br)c1. The quantitative estimate of drug-likeness (QED) is 0.411. The molecule has 3 aromatic rings. The van der Waals surface area contributed by atoms with Crippen molar-refractivity contribution < 1.29 is 9.53 Å². The van der Waals surface area contributed by atoms with Gasteiger partial charge in [-0.3, -0.25) is 0 Å². The topological polar surface area (TPSA) is 26.3 Å². The third-order valence-electron chi connectivity index (χ3n) is 4.14. The average molecular weight is 383 g/mol. The lowest BCUT2D eigenvalue weighted by atomic mass is 10.1. The van der Waals surface area contributed by atoms with Crippen LogP contribution in [0.5, 0.6) is 5.75 Å². The lowest BCUT2D eigenvalue weighted by molar-refractivity contribution is 0.0734. The fourth-order valence-corrected chi connectivity index (χ4v) is 3.40. The van der Waals surface area contributed by atoms with Crippen molar-refractivity contribution in [2.45, 2.75) is 26.7 Å². The van der Waals surface area contributed by atoms with Gasteiger partial charge in [0.25, 0.3) is 0 Å². The van der Waals surface area contributed by atoms with Crippen molar-refractivity contribution in [3.05, 3.63) is 75.8 Å². The van der Waals surface area contributed by atoms with E-state index in [1.165, 1.54) is 11.1 Å². The second-order valence-electron chi connectivity index (χ2n) is 5.73. The summed E-state index contributed by atoms with van der Waals surface area (Å²) in [6.07, 6.45) is 1.83. The van der Waals surface area contributed by atoms with E-state index in [2.05, 4.69) is 35.8 Å². The summed E-state index contributed by atoms with van der Waals surface area (Å²) >= 11 is 3.55.